The molecule has 1 unspecified atom stereocenters. The van der Waals surface area contributed by atoms with E-state index in [0.717, 1.165) is 55.9 Å². The molecule has 10 heteroatoms. The van der Waals surface area contributed by atoms with Crippen LogP contribution in [0.5, 0.6) is 0 Å². The van der Waals surface area contributed by atoms with Crippen LogP contribution in [0, 0.1) is 6.92 Å². The minimum absolute atomic E-state index is 0.0981. The number of piperidine rings is 1. The van der Waals surface area contributed by atoms with Gasteiger partial charge in [0.25, 0.3) is 11.9 Å². The molecule has 3 N–H and O–H groups in total. The van der Waals surface area contributed by atoms with Crippen molar-refractivity contribution >= 4 is 29.4 Å². The number of hydrogen-bond donors (Lipinski definition) is 3. The standard InChI is InChI=1S/C24H30N8O2/c1-17-4-2-5-18(12-17)14-26-29-24-28-22(31-8-10-34-11-9-31)21-13-19(16-32(21)30-24)23(33)27-20-6-3-7-25-15-20/h2,4-5,12-14,16,20,25H,3,6-11,15H2,1H3,(H,27,33)(H,29,30)/b26-14+. The molecule has 0 radical (unpaired) electrons. The van der Waals surface area contributed by atoms with E-state index in [0.29, 0.717) is 24.7 Å². The maximum absolute atomic E-state index is 12.9. The first-order chi connectivity index (χ1) is 16.7. The molecule has 2 aliphatic heterocycles. The van der Waals surface area contributed by atoms with Gasteiger partial charge in [0.15, 0.2) is 5.82 Å². The number of fused-ring (bicyclic) bond motifs is 1. The highest BCUT2D eigenvalue weighted by atomic mass is 16.5. The Kier molecular flexibility index (Phi) is 6.68. The first-order valence-electron chi connectivity index (χ1n) is 11.8. The van der Waals surface area contributed by atoms with Gasteiger partial charge in [0.2, 0.25) is 0 Å². The van der Waals surface area contributed by atoms with Gasteiger partial charge in [-0.25, -0.2) is 9.94 Å². The SMILES string of the molecule is Cc1cccc(/C=N/Nc2nc(N3CCOCC3)c3cc(C(=O)NC4CCCNC4)cn3n2)c1. The number of benzene rings is 1. The lowest BCUT2D eigenvalue weighted by molar-refractivity contribution is 0.0930. The molecule has 10 nitrogen and oxygen atoms in total. The molecule has 1 aromatic carbocycles. The normalized spacial score (nSPS) is 19.0. The van der Waals surface area contributed by atoms with Crippen LogP contribution in [-0.2, 0) is 4.74 Å². The molecule has 2 saturated heterocycles. The van der Waals surface area contributed by atoms with E-state index in [1.54, 1.807) is 16.9 Å². The first kappa shape index (κ1) is 22.3. The average Bonchev–Trinajstić information content (AvgIpc) is 3.29. The second-order valence-electron chi connectivity index (χ2n) is 8.72. The van der Waals surface area contributed by atoms with Crippen molar-refractivity contribution < 1.29 is 9.53 Å². The van der Waals surface area contributed by atoms with Gasteiger partial charge >= 0.3 is 0 Å². The van der Waals surface area contributed by atoms with Gasteiger partial charge in [0, 0.05) is 31.9 Å². The van der Waals surface area contributed by atoms with Crippen LogP contribution >= 0.6 is 0 Å². The number of hydrazone groups is 1. The molecule has 34 heavy (non-hydrogen) atoms. The summed E-state index contributed by atoms with van der Waals surface area (Å²) in [5.74, 6) is 1.01. The largest absolute Gasteiger partial charge is 0.378 e. The highest BCUT2D eigenvalue weighted by Crippen LogP contribution is 2.24. The van der Waals surface area contributed by atoms with Crippen molar-refractivity contribution in [3.05, 3.63) is 53.2 Å². The summed E-state index contributed by atoms with van der Waals surface area (Å²) < 4.78 is 7.22. The van der Waals surface area contributed by atoms with Gasteiger partial charge in [0.05, 0.1) is 25.0 Å². The van der Waals surface area contributed by atoms with E-state index in [1.807, 2.05) is 37.3 Å². The highest BCUT2D eigenvalue weighted by molar-refractivity contribution is 5.96. The second kappa shape index (κ2) is 10.2. The number of nitrogens with zero attached hydrogens (tertiary/aromatic N) is 5. The molecule has 0 bridgehead atoms. The molecule has 2 fully saturated rings. The maximum atomic E-state index is 12.9. The van der Waals surface area contributed by atoms with E-state index in [2.05, 4.69) is 31.2 Å². The molecule has 0 aliphatic carbocycles. The highest BCUT2D eigenvalue weighted by Gasteiger charge is 2.22. The molecule has 2 aromatic heterocycles. The molecule has 3 aromatic rings. The van der Waals surface area contributed by atoms with Crippen LogP contribution in [0.15, 0.2) is 41.6 Å². The van der Waals surface area contributed by atoms with E-state index in [4.69, 9.17) is 9.72 Å². The third-order valence-corrected chi connectivity index (χ3v) is 6.07. The zero-order valence-corrected chi connectivity index (χ0v) is 19.3. The van der Waals surface area contributed by atoms with Crippen LogP contribution in [0.1, 0.15) is 34.3 Å². The Bertz CT molecular complexity index is 1180. The second-order valence-corrected chi connectivity index (χ2v) is 8.72. The van der Waals surface area contributed by atoms with Crippen molar-refractivity contribution in [3.8, 4) is 0 Å². The number of anilines is 2. The monoisotopic (exact) mass is 462 g/mol. The van der Waals surface area contributed by atoms with E-state index < -0.39 is 0 Å². The molecular formula is C24H30N8O2. The minimum Gasteiger partial charge on any atom is -0.378 e. The van der Waals surface area contributed by atoms with Gasteiger partial charge in [-0.2, -0.15) is 10.1 Å². The summed E-state index contributed by atoms with van der Waals surface area (Å²) in [6, 6.07) is 10.1. The number of aryl methyl sites for hydroxylation is 1. The molecule has 4 heterocycles. The molecule has 2 aliphatic rings. The Hall–Kier alpha value is -3.50. The van der Waals surface area contributed by atoms with Crippen LogP contribution in [0.2, 0.25) is 0 Å². The van der Waals surface area contributed by atoms with Gasteiger partial charge in [-0.1, -0.05) is 29.8 Å². The summed E-state index contributed by atoms with van der Waals surface area (Å²) >= 11 is 0. The molecule has 0 spiro atoms. The van der Waals surface area contributed by atoms with Crippen molar-refractivity contribution in [2.45, 2.75) is 25.8 Å². The number of aromatic nitrogens is 3. The van der Waals surface area contributed by atoms with Crippen molar-refractivity contribution in [2.24, 2.45) is 5.10 Å². The Morgan fingerprint density at radius 1 is 1.29 bits per heavy atom. The first-order valence-corrected chi connectivity index (χ1v) is 11.8. The Balaban J connectivity index is 1.41. The third kappa shape index (κ3) is 5.18. The lowest BCUT2D eigenvalue weighted by Crippen LogP contribution is -2.45. The van der Waals surface area contributed by atoms with Crippen LogP contribution in [0.3, 0.4) is 0 Å². The topological polar surface area (TPSA) is 108 Å². The van der Waals surface area contributed by atoms with Crippen molar-refractivity contribution in [3.63, 3.8) is 0 Å². The summed E-state index contributed by atoms with van der Waals surface area (Å²) in [5.41, 5.74) is 6.44. The van der Waals surface area contributed by atoms with Gasteiger partial charge in [-0.05, 0) is 37.9 Å². The molecule has 1 atom stereocenters. The number of hydrogen-bond acceptors (Lipinski definition) is 8. The Labute approximate surface area is 198 Å². The van der Waals surface area contributed by atoms with Crippen LogP contribution in [0.25, 0.3) is 5.52 Å². The fraction of sp³-hybridized carbons (Fsp3) is 0.417. The summed E-state index contributed by atoms with van der Waals surface area (Å²) in [6.45, 7) is 6.55. The third-order valence-electron chi connectivity index (χ3n) is 6.07. The number of amides is 1. The lowest BCUT2D eigenvalue weighted by atomic mass is 10.1. The zero-order chi connectivity index (χ0) is 23.3. The molecular weight excluding hydrogens is 432 g/mol. The van der Waals surface area contributed by atoms with Crippen LogP contribution in [0.4, 0.5) is 11.8 Å². The lowest BCUT2D eigenvalue weighted by Gasteiger charge is -2.28. The van der Waals surface area contributed by atoms with Crippen LogP contribution in [-0.4, -0.2) is 72.2 Å². The van der Waals surface area contributed by atoms with Crippen molar-refractivity contribution in [2.75, 3.05) is 49.7 Å². The fourth-order valence-corrected chi connectivity index (χ4v) is 4.32. The number of rotatable bonds is 6. The number of carbonyl (C=O) groups excluding carboxylic acids is 1. The van der Waals surface area contributed by atoms with Crippen molar-refractivity contribution in [1.82, 2.24) is 25.2 Å². The van der Waals surface area contributed by atoms with Gasteiger partial charge in [-0.15, -0.1) is 5.10 Å². The predicted molar refractivity (Wildman–Crippen MR) is 132 cm³/mol. The van der Waals surface area contributed by atoms with E-state index in [-0.39, 0.29) is 11.9 Å². The summed E-state index contributed by atoms with van der Waals surface area (Å²) in [4.78, 5) is 19.8. The van der Waals surface area contributed by atoms with E-state index >= 15 is 0 Å². The number of ether oxygens (including phenoxy) is 1. The van der Waals surface area contributed by atoms with E-state index in [1.165, 1.54) is 5.56 Å². The molecule has 1 amide bonds. The van der Waals surface area contributed by atoms with E-state index in [9.17, 15) is 4.79 Å². The zero-order valence-electron chi connectivity index (χ0n) is 19.3. The Morgan fingerprint density at radius 2 is 2.18 bits per heavy atom. The smallest absolute Gasteiger partial charge is 0.263 e. The van der Waals surface area contributed by atoms with Gasteiger partial charge in [0.1, 0.15) is 5.52 Å². The average molecular weight is 463 g/mol. The summed E-state index contributed by atoms with van der Waals surface area (Å²) in [5, 5.41) is 15.3. The molecule has 178 valence electrons. The van der Waals surface area contributed by atoms with Crippen molar-refractivity contribution in [1.29, 1.82) is 0 Å². The predicted octanol–water partition coefficient (Wildman–Crippen LogP) is 1.80. The quantitative estimate of drug-likeness (QED) is 0.379. The van der Waals surface area contributed by atoms with Crippen LogP contribution < -0.4 is 21.0 Å². The molecule has 0 saturated carbocycles. The summed E-state index contributed by atoms with van der Waals surface area (Å²) in [7, 11) is 0. The Morgan fingerprint density at radius 3 is 2.97 bits per heavy atom. The molecule has 5 rings (SSSR count). The fourth-order valence-electron chi connectivity index (χ4n) is 4.32. The summed E-state index contributed by atoms with van der Waals surface area (Å²) in [6.07, 6.45) is 5.54. The van der Waals surface area contributed by atoms with Gasteiger partial charge in [-0.3, -0.25) is 4.79 Å². The minimum atomic E-state index is -0.0981. The number of morpholine rings is 1. The number of carbonyl (C=O) groups is 1. The maximum Gasteiger partial charge on any atom is 0.263 e. The van der Waals surface area contributed by atoms with Gasteiger partial charge < -0.3 is 20.3 Å². The number of nitrogens with one attached hydrogen (secondary N) is 3.